The van der Waals surface area contributed by atoms with E-state index in [1.54, 1.807) is 0 Å². The summed E-state index contributed by atoms with van der Waals surface area (Å²) in [7, 11) is 0. The van der Waals surface area contributed by atoms with Gasteiger partial charge in [-0.2, -0.15) is 0 Å². The molecule has 3 unspecified atom stereocenters. The maximum Gasteiger partial charge on any atom is 0.222 e. The molecule has 3 atom stereocenters. The largest absolute Gasteiger partial charge is 0.381 e. The van der Waals surface area contributed by atoms with Crippen LogP contribution in [0.2, 0.25) is 0 Å². The zero-order valence-electron chi connectivity index (χ0n) is 19.0. The second kappa shape index (κ2) is 10.8. The monoisotopic (exact) mass is 428 g/mol. The molecule has 0 radical (unpaired) electrons. The van der Waals surface area contributed by atoms with Gasteiger partial charge in [-0.1, -0.05) is 37.1 Å². The van der Waals surface area contributed by atoms with Gasteiger partial charge >= 0.3 is 0 Å². The summed E-state index contributed by atoms with van der Waals surface area (Å²) >= 11 is 0. The molecule has 2 amide bonds. The van der Waals surface area contributed by atoms with E-state index in [1.807, 2.05) is 0 Å². The van der Waals surface area contributed by atoms with Crippen LogP contribution in [0.15, 0.2) is 24.3 Å². The summed E-state index contributed by atoms with van der Waals surface area (Å²) in [5.41, 5.74) is 0.0920. The molecule has 1 saturated carbocycles. The summed E-state index contributed by atoms with van der Waals surface area (Å²) < 4.78 is 5.61. The first-order valence-electron chi connectivity index (χ1n) is 12.7. The molecule has 0 aromatic rings. The maximum atomic E-state index is 12.9. The molecule has 0 spiro atoms. The minimum atomic E-state index is 0.0863. The number of rotatable bonds is 7. The van der Waals surface area contributed by atoms with Gasteiger partial charge in [0.25, 0.3) is 0 Å². The number of piperidine rings is 1. The summed E-state index contributed by atoms with van der Waals surface area (Å²) in [4.78, 5) is 27.6. The standard InChI is InChI=1S/C26H40N2O3/c29-24(27-20-26(15-18-31-19-16-26)22-10-2-1-3-11-22)13-6-14-25(30)28-17-7-9-21-8-4-5-12-23(21)28/h1-3,10,21-23H,4-9,11-20H2,(H,27,29). The van der Waals surface area contributed by atoms with Crippen LogP contribution < -0.4 is 5.32 Å². The molecule has 2 aliphatic heterocycles. The number of allylic oxidation sites excluding steroid dienone is 4. The van der Waals surface area contributed by atoms with Crippen molar-refractivity contribution < 1.29 is 14.3 Å². The summed E-state index contributed by atoms with van der Waals surface area (Å²) in [5, 5.41) is 3.21. The van der Waals surface area contributed by atoms with Gasteiger partial charge < -0.3 is 15.0 Å². The van der Waals surface area contributed by atoms with Crippen LogP contribution in [-0.2, 0) is 14.3 Å². The van der Waals surface area contributed by atoms with Gasteiger partial charge in [0.1, 0.15) is 0 Å². The fourth-order valence-electron chi connectivity index (χ4n) is 6.33. The molecule has 1 N–H and O–H groups in total. The highest BCUT2D eigenvalue weighted by Crippen LogP contribution is 2.41. The van der Waals surface area contributed by atoms with Crippen LogP contribution in [0.1, 0.15) is 77.0 Å². The number of carbonyl (C=O) groups is 2. The number of amides is 2. The van der Waals surface area contributed by atoms with Crippen molar-refractivity contribution in [3.8, 4) is 0 Å². The molecule has 2 saturated heterocycles. The molecule has 4 aliphatic rings. The number of carbonyl (C=O) groups excluding carboxylic acids is 2. The van der Waals surface area contributed by atoms with Crippen molar-refractivity contribution >= 4 is 11.8 Å². The van der Waals surface area contributed by atoms with Crippen molar-refractivity contribution in [2.45, 2.75) is 83.1 Å². The van der Waals surface area contributed by atoms with Crippen molar-refractivity contribution in [3.63, 3.8) is 0 Å². The summed E-state index contributed by atoms with van der Waals surface area (Å²) in [6.45, 7) is 3.18. The van der Waals surface area contributed by atoms with E-state index in [0.717, 1.165) is 45.4 Å². The lowest BCUT2D eigenvalue weighted by atomic mass is 9.67. The molecule has 5 nitrogen and oxygen atoms in total. The molecule has 0 aromatic heterocycles. The Kier molecular flexibility index (Phi) is 7.86. The zero-order valence-corrected chi connectivity index (χ0v) is 19.0. The first kappa shape index (κ1) is 22.6. The van der Waals surface area contributed by atoms with Crippen LogP contribution in [0.3, 0.4) is 0 Å². The summed E-state index contributed by atoms with van der Waals surface area (Å²) in [5.74, 6) is 1.53. The van der Waals surface area contributed by atoms with E-state index < -0.39 is 0 Å². The fourth-order valence-corrected chi connectivity index (χ4v) is 6.33. The maximum absolute atomic E-state index is 12.9. The van der Waals surface area contributed by atoms with Crippen LogP contribution in [0.25, 0.3) is 0 Å². The van der Waals surface area contributed by atoms with Crippen LogP contribution in [0, 0.1) is 17.3 Å². The van der Waals surface area contributed by atoms with Crippen molar-refractivity contribution in [1.29, 1.82) is 0 Å². The third-order valence-electron chi connectivity index (χ3n) is 8.25. The highest BCUT2D eigenvalue weighted by atomic mass is 16.5. The number of fused-ring (bicyclic) bond motifs is 1. The van der Waals surface area contributed by atoms with Crippen molar-refractivity contribution in [1.82, 2.24) is 10.2 Å². The van der Waals surface area contributed by atoms with Gasteiger partial charge in [-0.25, -0.2) is 0 Å². The molecule has 2 heterocycles. The molecule has 5 heteroatoms. The van der Waals surface area contributed by atoms with Crippen molar-refractivity contribution in [2.75, 3.05) is 26.3 Å². The van der Waals surface area contributed by atoms with E-state index in [-0.39, 0.29) is 17.2 Å². The average Bonchev–Trinajstić information content (AvgIpc) is 2.83. The lowest BCUT2D eigenvalue weighted by Crippen LogP contribution is -2.49. The van der Waals surface area contributed by atoms with Gasteiger partial charge in [0.05, 0.1) is 0 Å². The number of ether oxygens (including phenoxy) is 1. The van der Waals surface area contributed by atoms with E-state index >= 15 is 0 Å². The van der Waals surface area contributed by atoms with Gasteiger partial charge in [-0.05, 0) is 68.6 Å². The Morgan fingerprint density at radius 2 is 1.84 bits per heavy atom. The number of hydrogen-bond donors (Lipinski definition) is 1. The van der Waals surface area contributed by atoms with Gasteiger partial charge in [0.2, 0.25) is 11.8 Å². The third-order valence-corrected chi connectivity index (χ3v) is 8.25. The van der Waals surface area contributed by atoms with Crippen molar-refractivity contribution in [3.05, 3.63) is 24.3 Å². The first-order chi connectivity index (χ1) is 15.2. The highest BCUT2D eigenvalue weighted by Gasteiger charge is 2.39. The van der Waals surface area contributed by atoms with Crippen LogP contribution in [0.4, 0.5) is 0 Å². The Bertz CT molecular complexity index is 678. The van der Waals surface area contributed by atoms with E-state index in [1.165, 1.54) is 32.1 Å². The van der Waals surface area contributed by atoms with Gasteiger partial charge in [0.15, 0.2) is 0 Å². The molecule has 0 aromatic carbocycles. The molecule has 3 fully saturated rings. The molecule has 4 rings (SSSR count). The third kappa shape index (κ3) is 5.60. The van der Waals surface area contributed by atoms with Crippen LogP contribution >= 0.6 is 0 Å². The summed E-state index contributed by atoms with van der Waals surface area (Å²) in [6.07, 6.45) is 20.9. The average molecular weight is 429 g/mol. The summed E-state index contributed by atoms with van der Waals surface area (Å²) in [6, 6.07) is 0.467. The van der Waals surface area contributed by atoms with Gasteiger partial charge in [0, 0.05) is 45.2 Å². The topological polar surface area (TPSA) is 58.6 Å². The minimum absolute atomic E-state index is 0.0863. The Hall–Kier alpha value is -1.62. The Morgan fingerprint density at radius 3 is 2.65 bits per heavy atom. The van der Waals surface area contributed by atoms with Crippen LogP contribution in [-0.4, -0.2) is 49.1 Å². The lowest BCUT2D eigenvalue weighted by molar-refractivity contribution is -0.137. The van der Waals surface area contributed by atoms with Crippen molar-refractivity contribution in [2.24, 2.45) is 17.3 Å². The molecule has 172 valence electrons. The number of nitrogens with one attached hydrogen (secondary N) is 1. The smallest absolute Gasteiger partial charge is 0.222 e. The van der Waals surface area contributed by atoms with Gasteiger partial charge in [-0.3, -0.25) is 9.59 Å². The second-order valence-electron chi connectivity index (χ2n) is 10.1. The number of hydrogen-bond acceptors (Lipinski definition) is 3. The molecule has 2 aliphatic carbocycles. The van der Waals surface area contributed by atoms with E-state index in [2.05, 4.69) is 34.5 Å². The highest BCUT2D eigenvalue weighted by molar-refractivity contribution is 5.79. The Balaban J connectivity index is 1.22. The molecular weight excluding hydrogens is 388 g/mol. The zero-order chi connectivity index (χ0) is 21.5. The normalized spacial score (nSPS) is 29.9. The van der Waals surface area contributed by atoms with E-state index in [0.29, 0.717) is 43.7 Å². The molecular formula is C26H40N2O3. The minimum Gasteiger partial charge on any atom is -0.381 e. The second-order valence-corrected chi connectivity index (χ2v) is 10.1. The molecule has 31 heavy (non-hydrogen) atoms. The number of likely N-dealkylation sites (tertiary alicyclic amines) is 1. The van der Waals surface area contributed by atoms with E-state index in [4.69, 9.17) is 4.74 Å². The molecule has 0 bridgehead atoms. The first-order valence-corrected chi connectivity index (χ1v) is 12.7. The van der Waals surface area contributed by atoms with Crippen LogP contribution in [0.5, 0.6) is 0 Å². The fraction of sp³-hybridized carbons (Fsp3) is 0.769. The lowest BCUT2D eigenvalue weighted by Gasteiger charge is -2.44. The predicted molar refractivity (Wildman–Crippen MR) is 122 cm³/mol. The predicted octanol–water partition coefficient (Wildman–Crippen LogP) is 4.38. The Morgan fingerprint density at radius 1 is 1.03 bits per heavy atom. The van der Waals surface area contributed by atoms with E-state index in [9.17, 15) is 9.59 Å². The quantitative estimate of drug-likeness (QED) is 0.654. The SMILES string of the molecule is O=C(CCCC(=O)N1CCCC2CCCCC21)NCC1(C2C=CC=CC2)CCOCC1. The number of nitrogens with zero attached hydrogens (tertiary/aromatic N) is 1. The van der Waals surface area contributed by atoms with Gasteiger partial charge in [-0.15, -0.1) is 0 Å². The Labute approximate surface area is 187 Å².